The van der Waals surface area contributed by atoms with E-state index in [1.54, 1.807) is 13.8 Å². The average Bonchev–Trinajstić information content (AvgIpc) is 2.47. The van der Waals surface area contributed by atoms with Gasteiger partial charge < -0.3 is 29.5 Å². The molecule has 3 N–H and O–H groups in total. The van der Waals surface area contributed by atoms with Gasteiger partial charge in [0.2, 0.25) is 5.79 Å². The molecule has 6 heteroatoms. The summed E-state index contributed by atoms with van der Waals surface area (Å²) in [5.41, 5.74) is 0. The lowest BCUT2D eigenvalue weighted by atomic mass is 9.97. The lowest BCUT2D eigenvalue weighted by Crippen LogP contribution is -2.62. The lowest BCUT2D eigenvalue weighted by molar-refractivity contribution is -0.337. The van der Waals surface area contributed by atoms with Crippen molar-refractivity contribution in [3.8, 4) is 0 Å². The molecule has 2 aliphatic heterocycles. The van der Waals surface area contributed by atoms with Crippen LogP contribution in [0.15, 0.2) is 0 Å². The molecule has 0 aromatic carbocycles. The van der Waals surface area contributed by atoms with E-state index in [0.29, 0.717) is 0 Å². The molecule has 0 radical (unpaired) electrons. The van der Waals surface area contributed by atoms with Crippen molar-refractivity contribution >= 4 is 0 Å². The minimum absolute atomic E-state index is 0.0327. The standard InChI is InChI=1S/C9H16O6/c1-8(2)14-4-9(15-8)7(12)6(11)5(10)3-13-9/h5-7,10-12H,3-4H2,1-2H3/t5-,6-,7+,9-/m1/s1. The molecule has 2 aliphatic rings. The van der Waals surface area contributed by atoms with Gasteiger partial charge in [-0.2, -0.15) is 0 Å². The molecule has 0 bridgehead atoms. The number of aliphatic hydroxyl groups excluding tert-OH is 3. The molecule has 1 spiro atoms. The molecule has 0 aromatic heterocycles. The third-order valence-corrected chi connectivity index (χ3v) is 2.71. The summed E-state index contributed by atoms with van der Waals surface area (Å²) >= 11 is 0. The van der Waals surface area contributed by atoms with Crippen LogP contribution in [0.4, 0.5) is 0 Å². The zero-order valence-corrected chi connectivity index (χ0v) is 8.71. The van der Waals surface area contributed by atoms with Crippen molar-refractivity contribution in [3.63, 3.8) is 0 Å². The highest BCUT2D eigenvalue weighted by Gasteiger charge is 2.57. The maximum atomic E-state index is 9.79. The Morgan fingerprint density at radius 3 is 2.33 bits per heavy atom. The Morgan fingerprint density at radius 1 is 1.13 bits per heavy atom. The smallest absolute Gasteiger partial charge is 0.224 e. The summed E-state index contributed by atoms with van der Waals surface area (Å²) < 4.78 is 16.0. The monoisotopic (exact) mass is 220 g/mol. The van der Waals surface area contributed by atoms with Crippen molar-refractivity contribution in [3.05, 3.63) is 0 Å². The molecule has 2 heterocycles. The predicted molar refractivity (Wildman–Crippen MR) is 47.8 cm³/mol. The predicted octanol–water partition coefficient (Wildman–Crippen LogP) is -1.42. The number of hydrogen-bond acceptors (Lipinski definition) is 6. The third kappa shape index (κ3) is 1.77. The summed E-state index contributed by atoms with van der Waals surface area (Å²) in [4.78, 5) is 0. The van der Waals surface area contributed by atoms with Crippen LogP contribution in [0.2, 0.25) is 0 Å². The van der Waals surface area contributed by atoms with Crippen LogP contribution >= 0.6 is 0 Å². The summed E-state index contributed by atoms with van der Waals surface area (Å²) in [6, 6.07) is 0. The van der Waals surface area contributed by atoms with Gasteiger partial charge in [-0.3, -0.25) is 0 Å². The van der Waals surface area contributed by atoms with Crippen molar-refractivity contribution in [2.75, 3.05) is 13.2 Å². The molecule has 0 aromatic rings. The topological polar surface area (TPSA) is 88.4 Å². The maximum absolute atomic E-state index is 9.79. The van der Waals surface area contributed by atoms with Crippen molar-refractivity contribution < 1.29 is 29.5 Å². The third-order valence-electron chi connectivity index (χ3n) is 2.71. The zero-order chi connectivity index (χ0) is 11.3. The minimum atomic E-state index is -1.36. The normalized spacial score (nSPS) is 49.8. The SMILES string of the molecule is CC1(C)OC[C@@]2(OC[C@@H](O)[C@@H](O)[C@@H]2O)O1. The van der Waals surface area contributed by atoms with E-state index < -0.39 is 29.9 Å². The van der Waals surface area contributed by atoms with Gasteiger partial charge in [0.25, 0.3) is 0 Å². The summed E-state index contributed by atoms with van der Waals surface area (Å²) in [6.45, 7) is 3.33. The van der Waals surface area contributed by atoms with Gasteiger partial charge in [-0.25, -0.2) is 0 Å². The highest BCUT2D eigenvalue weighted by Crippen LogP contribution is 2.38. The van der Waals surface area contributed by atoms with Gasteiger partial charge in [0.15, 0.2) is 5.79 Å². The van der Waals surface area contributed by atoms with Gasteiger partial charge in [0.05, 0.1) is 6.61 Å². The van der Waals surface area contributed by atoms with Crippen LogP contribution in [0.3, 0.4) is 0 Å². The largest absolute Gasteiger partial charge is 0.388 e. The van der Waals surface area contributed by atoms with Crippen LogP contribution in [-0.4, -0.2) is 58.4 Å². The Kier molecular flexibility index (Phi) is 2.53. The number of hydrogen-bond donors (Lipinski definition) is 3. The molecular weight excluding hydrogens is 204 g/mol. The van der Waals surface area contributed by atoms with Gasteiger partial charge in [-0.05, 0) is 13.8 Å². The summed E-state index contributed by atoms with van der Waals surface area (Å²) in [5.74, 6) is -2.22. The fraction of sp³-hybridized carbons (Fsp3) is 1.00. The Hall–Kier alpha value is -0.240. The number of ether oxygens (including phenoxy) is 3. The van der Waals surface area contributed by atoms with E-state index in [4.69, 9.17) is 14.2 Å². The van der Waals surface area contributed by atoms with Crippen LogP contribution in [0, 0.1) is 0 Å². The van der Waals surface area contributed by atoms with Gasteiger partial charge in [0, 0.05) is 0 Å². The van der Waals surface area contributed by atoms with Crippen LogP contribution in [0.25, 0.3) is 0 Å². The van der Waals surface area contributed by atoms with Crippen LogP contribution in [0.5, 0.6) is 0 Å². The highest BCUT2D eigenvalue weighted by atomic mass is 16.8. The van der Waals surface area contributed by atoms with E-state index in [9.17, 15) is 15.3 Å². The molecule has 4 atom stereocenters. The van der Waals surface area contributed by atoms with Crippen molar-refractivity contribution in [1.82, 2.24) is 0 Å². The van der Waals surface area contributed by atoms with Gasteiger partial charge in [-0.15, -0.1) is 0 Å². The quantitative estimate of drug-likeness (QED) is 0.464. The molecular formula is C9H16O6. The highest BCUT2D eigenvalue weighted by molar-refractivity contribution is 4.96. The Morgan fingerprint density at radius 2 is 1.80 bits per heavy atom. The van der Waals surface area contributed by atoms with E-state index in [1.807, 2.05) is 0 Å². The van der Waals surface area contributed by atoms with Crippen molar-refractivity contribution in [1.29, 1.82) is 0 Å². The second-order valence-electron chi connectivity index (χ2n) is 4.42. The molecule has 88 valence electrons. The van der Waals surface area contributed by atoms with Crippen LogP contribution in [0.1, 0.15) is 13.8 Å². The molecule has 6 nitrogen and oxygen atoms in total. The van der Waals surface area contributed by atoms with Crippen LogP contribution < -0.4 is 0 Å². The summed E-state index contributed by atoms with van der Waals surface area (Å²) in [7, 11) is 0. The molecule has 0 amide bonds. The first-order valence-corrected chi connectivity index (χ1v) is 4.89. The van der Waals surface area contributed by atoms with Crippen LogP contribution in [-0.2, 0) is 14.2 Å². The molecule has 0 unspecified atom stereocenters. The molecule has 0 saturated carbocycles. The number of rotatable bonds is 0. The molecule has 15 heavy (non-hydrogen) atoms. The van der Waals surface area contributed by atoms with Gasteiger partial charge in [0.1, 0.15) is 24.9 Å². The summed E-state index contributed by atoms with van der Waals surface area (Å²) in [5, 5.41) is 28.6. The van der Waals surface area contributed by atoms with E-state index in [-0.39, 0.29) is 13.2 Å². The Bertz CT molecular complexity index is 255. The van der Waals surface area contributed by atoms with E-state index in [2.05, 4.69) is 0 Å². The molecule has 0 aliphatic carbocycles. The first-order valence-electron chi connectivity index (χ1n) is 4.89. The Labute approximate surface area is 87.4 Å². The summed E-state index contributed by atoms with van der Waals surface area (Å²) in [6.07, 6.45) is -3.70. The number of aliphatic hydroxyl groups is 3. The lowest BCUT2D eigenvalue weighted by Gasteiger charge is -2.41. The molecule has 2 rings (SSSR count). The second kappa shape index (κ2) is 3.38. The van der Waals surface area contributed by atoms with E-state index in [0.717, 1.165) is 0 Å². The van der Waals surface area contributed by atoms with Crippen molar-refractivity contribution in [2.24, 2.45) is 0 Å². The van der Waals surface area contributed by atoms with Gasteiger partial charge in [-0.1, -0.05) is 0 Å². The second-order valence-corrected chi connectivity index (χ2v) is 4.42. The maximum Gasteiger partial charge on any atom is 0.224 e. The average molecular weight is 220 g/mol. The molecule has 2 fully saturated rings. The fourth-order valence-corrected chi connectivity index (χ4v) is 1.85. The van der Waals surface area contributed by atoms with Crippen molar-refractivity contribution in [2.45, 2.75) is 43.7 Å². The van der Waals surface area contributed by atoms with E-state index in [1.165, 1.54) is 0 Å². The first-order chi connectivity index (χ1) is 6.86. The van der Waals surface area contributed by atoms with E-state index >= 15 is 0 Å². The van der Waals surface area contributed by atoms with Gasteiger partial charge >= 0.3 is 0 Å². The minimum Gasteiger partial charge on any atom is -0.388 e. The first kappa shape index (κ1) is 11.3. The molecule has 2 saturated heterocycles. The zero-order valence-electron chi connectivity index (χ0n) is 8.71. The Balaban J connectivity index is 2.16. The fourth-order valence-electron chi connectivity index (χ4n) is 1.85.